The Balaban J connectivity index is 1.49. The van der Waals surface area contributed by atoms with Crippen LogP contribution in [-0.2, 0) is 0 Å². The van der Waals surface area contributed by atoms with Crippen LogP contribution in [0.25, 0.3) is 10.2 Å². The lowest BCUT2D eigenvalue weighted by molar-refractivity contribution is 0.0189. The van der Waals surface area contributed by atoms with Crippen molar-refractivity contribution in [3.05, 3.63) is 23.7 Å². The summed E-state index contributed by atoms with van der Waals surface area (Å²) in [6.45, 7) is 7.22. The zero-order valence-corrected chi connectivity index (χ0v) is 11.7. The summed E-state index contributed by atoms with van der Waals surface area (Å²) in [5.41, 5.74) is 2.34. The van der Waals surface area contributed by atoms with Crippen LogP contribution in [0.5, 0.6) is 0 Å². The summed E-state index contributed by atoms with van der Waals surface area (Å²) >= 11 is 1.77. The van der Waals surface area contributed by atoms with Gasteiger partial charge in [0.15, 0.2) is 0 Å². The van der Waals surface area contributed by atoms with E-state index in [4.69, 9.17) is 0 Å². The Hall–Kier alpha value is -1.17. The first-order chi connectivity index (χ1) is 9.40. The number of fused-ring (bicyclic) bond motifs is 4. The highest BCUT2D eigenvalue weighted by molar-refractivity contribution is 7.17. The first-order valence-electron chi connectivity index (χ1n) is 6.93. The minimum absolute atomic E-state index is 0.658. The van der Waals surface area contributed by atoms with Crippen molar-refractivity contribution in [3.8, 4) is 0 Å². The molecule has 5 rings (SSSR count). The van der Waals surface area contributed by atoms with Gasteiger partial charge < -0.3 is 5.32 Å². The first-order valence-corrected chi connectivity index (χ1v) is 7.80. The number of anilines is 1. The third-order valence-corrected chi connectivity index (χ3v) is 5.20. The molecule has 19 heavy (non-hydrogen) atoms. The number of rotatable bonds is 3. The molecule has 0 aliphatic carbocycles. The van der Waals surface area contributed by atoms with Gasteiger partial charge in [-0.1, -0.05) is 0 Å². The van der Waals surface area contributed by atoms with Crippen molar-refractivity contribution in [3.63, 3.8) is 0 Å². The van der Waals surface area contributed by atoms with E-state index in [0.717, 1.165) is 12.1 Å². The van der Waals surface area contributed by atoms with Gasteiger partial charge in [-0.3, -0.25) is 14.8 Å². The lowest BCUT2D eigenvalue weighted by Gasteiger charge is -2.47. The molecule has 3 fully saturated rings. The molecule has 100 valence electrons. The van der Waals surface area contributed by atoms with Crippen LogP contribution in [0.3, 0.4) is 0 Å². The maximum Gasteiger partial charge on any atom is 0.0830 e. The molecule has 4 nitrogen and oxygen atoms in total. The van der Waals surface area contributed by atoms with Gasteiger partial charge >= 0.3 is 0 Å². The molecule has 0 spiro atoms. The van der Waals surface area contributed by atoms with E-state index in [2.05, 4.69) is 37.6 Å². The fourth-order valence-electron chi connectivity index (χ4n) is 3.16. The van der Waals surface area contributed by atoms with Crippen LogP contribution in [0.2, 0.25) is 0 Å². The normalized spacial score (nSPS) is 29.8. The second kappa shape index (κ2) is 4.74. The Morgan fingerprint density at radius 3 is 2.95 bits per heavy atom. The predicted molar refractivity (Wildman–Crippen MR) is 79.9 cm³/mol. The van der Waals surface area contributed by atoms with Gasteiger partial charge in [0.2, 0.25) is 0 Å². The molecule has 3 aliphatic heterocycles. The Labute approximate surface area is 117 Å². The Bertz CT molecular complexity index is 574. The number of thiophene rings is 1. The van der Waals surface area contributed by atoms with Crippen molar-refractivity contribution < 1.29 is 0 Å². The molecule has 3 saturated heterocycles. The Morgan fingerprint density at radius 2 is 2.16 bits per heavy atom. The molecule has 1 N–H and O–H groups in total. The van der Waals surface area contributed by atoms with Crippen LogP contribution >= 0.6 is 11.3 Å². The number of nitrogens with zero attached hydrogens (tertiary/aromatic N) is 3. The molecule has 0 saturated carbocycles. The summed E-state index contributed by atoms with van der Waals surface area (Å²) in [6.07, 6.45) is 1.90. The molecular formula is C14H18N4S. The highest BCUT2D eigenvalue weighted by Gasteiger charge is 2.31. The summed E-state index contributed by atoms with van der Waals surface area (Å²) in [5, 5.41) is 5.74. The van der Waals surface area contributed by atoms with E-state index >= 15 is 0 Å². The summed E-state index contributed by atoms with van der Waals surface area (Å²) in [7, 11) is 0. The molecule has 1 atom stereocenters. The zero-order valence-electron chi connectivity index (χ0n) is 10.9. The number of piperazine rings is 3. The second-order valence-corrected chi connectivity index (χ2v) is 6.28. The van der Waals surface area contributed by atoms with Gasteiger partial charge in [0.1, 0.15) is 0 Å². The van der Waals surface area contributed by atoms with Crippen LogP contribution in [0.15, 0.2) is 23.7 Å². The van der Waals surface area contributed by atoms with E-state index in [1.165, 1.54) is 43.1 Å². The van der Waals surface area contributed by atoms with Gasteiger partial charge in [0, 0.05) is 51.5 Å². The molecule has 2 aromatic rings. The molecule has 2 aromatic heterocycles. The summed E-state index contributed by atoms with van der Waals surface area (Å²) in [5.74, 6) is 0. The Kier molecular flexibility index (Phi) is 2.90. The summed E-state index contributed by atoms with van der Waals surface area (Å²) in [6, 6.07) is 4.84. The van der Waals surface area contributed by atoms with Crippen molar-refractivity contribution >= 4 is 27.2 Å². The van der Waals surface area contributed by atoms with Crippen molar-refractivity contribution in [2.45, 2.75) is 6.04 Å². The van der Waals surface area contributed by atoms with Gasteiger partial charge in [-0.05, 0) is 17.5 Å². The van der Waals surface area contributed by atoms with Crippen molar-refractivity contribution in [2.24, 2.45) is 0 Å². The quantitative estimate of drug-likeness (QED) is 0.923. The molecule has 0 amide bonds. The molecule has 2 bridgehead atoms. The summed E-state index contributed by atoms with van der Waals surface area (Å²) in [4.78, 5) is 9.59. The monoisotopic (exact) mass is 274 g/mol. The van der Waals surface area contributed by atoms with Gasteiger partial charge in [0.05, 0.1) is 15.9 Å². The van der Waals surface area contributed by atoms with Crippen LogP contribution in [-0.4, -0.2) is 60.1 Å². The fraction of sp³-hybridized carbons (Fsp3) is 0.500. The van der Waals surface area contributed by atoms with E-state index in [1.807, 2.05) is 6.20 Å². The average molecular weight is 274 g/mol. The topological polar surface area (TPSA) is 31.4 Å². The number of hydrogen-bond donors (Lipinski definition) is 1. The minimum Gasteiger partial charge on any atom is -0.382 e. The molecule has 0 aromatic carbocycles. The minimum atomic E-state index is 0.658. The SMILES string of the molecule is c1cc(NCC2CN3CCN2CC3)c2sccc2n1. The smallest absolute Gasteiger partial charge is 0.0830 e. The van der Waals surface area contributed by atoms with Gasteiger partial charge in [-0.2, -0.15) is 0 Å². The zero-order chi connectivity index (χ0) is 12.7. The maximum absolute atomic E-state index is 4.39. The second-order valence-electron chi connectivity index (χ2n) is 5.36. The number of aromatic nitrogens is 1. The predicted octanol–water partition coefficient (Wildman–Crippen LogP) is 1.71. The third-order valence-electron chi connectivity index (χ3n) is 4.26. The lowest BCUT2D eigenvalue weighted by Crippen LogP contribution is -2.62. The van der Waals surface area contributed by atoms with Gasteiger partial charge in [-0.15, -0.1) is 11.3 Å². The number of pyridine rings is 1. The number of nitrogens with one attached hydrogen (secondary N) is 1. The van der Waals surface area contributed by atoms with E-state index in [-0.39, 0.29) is 0 Å². The maximum atomic E-state index is 4.39. The average Bonchev–Trinajstić information content (AvgIpc) is 2.95. The van der Waals surface area contributed by atoms with E-state index in [1.54, 1.807) is 11.3 Å². The Morgan fingerprint density at radius 1 is 1.26 bits per heavy atom. The van der Waals surface area contributed by atoms with Crippen LogP contribution < -0.4 is 5.32 Å². The molecule has 1 unspecified atom stereocenters. The van der Waals surface area contributed by atoms with E-state index in [9.17, 15) is 0 Å². The van der Waals surface area contributed by atoms with Gasteiger partial charge in [0.25, 0.3) is 0 Å². The van der Waals surface area contributed by atoms with Crippen molar-refractivity contribution in [2.75, 3.05) is 44.6 Å². The van der Waals surface area contributed by atoms with Crippen LogP contribution in [0.1, 0.15) is 0 Å². The third kappa shape index (κ3) is 2.12. The van der Waals surface area contributed by atoms with Crippen molar-refractivity contribution in [1.82, 2.24) is 14.8 Å². The molecule has 3 aliphatic rings. The van der Waals surface area contributed by atoms with Gasteiger partial charge in [-0.25, -0.2) is 0 Å². The first kappa shape index (κ1) is 11.6. The molecular weight excluding hydrogens is 256 g/mol. The highest BCUT2D eigenvalue weighted by Crippen LogP contribution is 2.27. The highest BCUT2D eigenvalue weighted by atomic mass is 32.1. The standard InChI is InChI=1S/C14H18N4S/c1-3-15-13-2-8-19-14(13)12(1)16-9-11-10-17-4-6-18(11)7-5-17/h1-3,8,11H,4-7,9-10H2,(H,15,16). The largest absolute Gasteiger partial charge is 0.382 e. The lowest BCUT2D eigenvalue weighted by atomic mass is 10.1. The fourth-order valence-corrected chi connectivity index (χ4v) is 4.00. The van der Waals surface area contributed by atoms with E-state index in [0.29, 0.717) is 6.04 Å². The molecule has 5 heteroatoms. The van der Waals surface area contributed by atoms with Crippen LogP contribution in [0.4, 0.5) is 5.69 Å². The number of hydrogen-bond acceptors (Lipinski definition) is 5. The van der Waals surface area contributed by atoms with Crippen molar-refractivity contribution in [1.29, 1.82) is 0 Å². The molecule has 5 heterocycles. The molecule has 0 radical (unpaired) electrons. The van der Waals surface area contributed by atoms with Crippen LogP contribution in [0, 0.1) is 0 Å². The van der Waals surface area contributed by atoms with E-state index < -0.39 is 0 Å². The summed E-state index contributed by atoms with van der Waals surface area (Å²) < 4.78 is 1.28.